The Balaban J connectivity index is 0.000000121. The van der Waals surface area contributed by atoms with E-state index in [2.05, 4.69) is 496 Å². The maximum absolute atomic E-state index is 3.68. The lowest BCUT2D eigenvalue weighted by molar-refractivity contribution is 1.20. The molecule has 0 saturated carbocycles. The van der Waals surface area contributed by atoms with Gasteiger partial charge in [-0.3, -0.25) is 0 Å². The molecule has 2 aromatic heterocycles. The molecule has 0 unspecified atom stereocenters. The standard InChI is InChI=1S/C58H38N2.C32H22N2.C26H17Br/c1-3-19-41(20-4-1)57-48-28-11-12-29-49(48)58(42-21-5-2-6-22-42)52-38-43(33-35-50(52)57)59(53-31-15-23-39-17-7-9-25-45(39)53)44-34-36-56-51(37-44)47-27-13-14-30-55(47)60(56)54-32-16-24-40-18-8-10-26-46(40)54;1-3-13-25-22(9-1)11-7-16-29(25)33-24-19-20-32-28(21-24)27-15-5-6-17-31(27)34(32)30-18-8-12-23-10-2-4-14-26(23)30;27-20-15-16-23-24(17-20)26(19-11-5-2-6-12-19)22-14-8-7-13-21(22)25(23)18-9-3-1-4-10-18/h1-38H;1-21,33H;1-17H. The molecule has 0 radical (unpaired) electrons. The lowest BCUT2D eigenvalue weighted by Crippen LogP contribution is -2.10. The van der Waals surface area contributed by atoms with Crippen molar-refractivity contribution in [3.05, 3.63) is 466 Å². The number of benzene rings is 22. The predicted molar refractivity (Wildman–Crippen MR) is 522 cm³/mol. The molecule has 24 rings (SSSR count). The number of anilines is 5. The second-order valence-electron chi connectivity index (χ2n) is 31.1. The molecule has 5 heteroatoms. The van der Waals surface area contributed by atoms with Crippen LogP contribution in [0.15, 0.2) is 466 Å². The highest BCUT2D eigenvalue weighted by Gasteiger charge is 2.25. The van der Waals surface area contributed by atoms with Crippen molar-refractivity contribution < 1.29 is 0 Å². The summed E-state index contributed by atoms with van der Waals surface area (Å²) in [5.74, 6) is 0. The fourth-order valence-electron chi connectivity index (χ4n) is 18.9. The number of nitrogens with zero attached hydrogens (tertiary/aromatic N) is 3. The smallest absolute Gasteiger partial charge is 0.0542 e. The van der Waals surface area contributed by atoms with Gasteiger partial charge >= 0.3 is 0 Å². The molecule has 0 saturated heterocycles. The fraction of sp³-hybridized carbons (Fsp3) is 0. The van der Waals surface area contributed by atoms with Crippen molar-refractivity contribution in [2.75, 3.05) is 10.2 Å². The van der Waals surface area contributed by atoms with Crippen LogP contribution in [0.4, 0.5) is 28.4 Å². The van der Waals surface area contributed by atoms with Crippen LogP contribution >= 0.6 is 15.9 Å². The molecular weight excluding hydrogens is 1530 g/mol. The summed E-state index contributed by atoms with van der Waals surface area (Å²) in [5.41, 5.74) is 22.7. The van der Waals surface area contributed by atoms with Crippen molar-refractivity contribution in [2.24, 2.45) is 0 Å². The molecule has 24 aromatic rings. The number of hydrogen-bond donors (Lipinski definition) is 1. The van der Waals surface area contributed by atoms with Crippen molar-refractivity contribution in [1.82, 2.24) is 9.13 Å². The summed E-state index contributed by atoms with van der Waals surface area (Å²) in [4.78, 5) is 2.47. The molecular formula is C116H77BrN4. The molecule has 1 N–H and O–H groups in total. The minimum atomic E-state index is 1.09. The molecule has 0 spiro atoms. The number of halogens is 1. The Bertz CT molecular complexity index is 8110. The van der Waals surface area contributed by atoms with Gasteiger partial charge in [0, 0.05) is 70.3 Å². The van der Waals surface area contributed by atoms with E-state index in [9.17, 15) is 0 Å². The number of aromatic nitrogens is 2. The van der Waals surface area contributed by atoms with Gasteiger partial charge in [-0.1, -0.05) is 380 Å². The number of rotatable bonds is 11. The van der Waals surface area contributed by atoms with Gasteiger partial charge < -0.3 is 19.4 Å². The molecule has 0 aliphatic rings. The van der Waals surface area contributed by atoms with E-state index in [1.54, 1.807) is 0 Å². The van der Waals surface area contributed by atoms with Crippen LogP contribution in [0.1, 0.15) is 0 Å². The normalized spacial score (nSPS) is 11.5. The van der Waals surface area contributed by atoms with Gasteiger partial charge in [0.1, 0.15) is 0 Å². The number of para-hydroxylation sites is 2. The SMILES string of the molecule is Brc1ccc2c(-c3ccccc3)c3ccccc3c(-c3ccccc3)c2c1.c1ccc(-c2c3ccccc3c(-c3ccccc3)c3cc(N(c4ccc5c(c4)c4ccccc4n5-c4cccc5ccccc45)c4cccc5ccccc45)ccc23)cc1.c1ccc2c(Nc3ccc4c(c3)c3ccccc3n4-c3cccc4ccccc34)cccc2c1. The van der Waals surface area contributed by atoms with E-state index < -0.39 is 0 Å². The first-order valence-electron chi connectivity index (χ1n) is 41.4. The lowest BCUT2D eigenvalue weighted by Gasteiger charge is -2.28. The zero-order valence-corrected chi connectivity index (χ0v) is 67.7. The van der Waals surface area contributed by atoms with Gasteiger partial charge in [-0.25, -0.2) is 0 Å². The number of hydrogen-bond acceptors (Lipinski definition) is 2. The molecule has 0 bridgehead atoms. The molecule has 568 valence electrons. The largest absolute Gasteiger partial charge is 0.355 e. The Labute approximate surface area is 709 Å². The van der Waals surface area contributed by atoms with Crippen LogP contribution in [-0.4, -0.2) is 9.13 Å². The van der Waals surface area contributed by atoms with Crippen LogP contribution in [0, 0.1) is 0 Å². The maximum atomic E-state index is 3.68. The maximum Gasteiger partial charge on any atom is 0.0542 e. The van der Waals surface area contributed by atoms with Crippen LogP contribution < -0.4 is 10.2 Å². The van der Waals surface area contributed by atoms with Gasteiger partial charge in [-0.2, -0.15) is 0 Å². The van der Waals surface area contributed by atoms with Crippen LogP contribution in [0.25, 0.3) is 186 Å². The molecule has 0 aliphatic carbocycles. The Morgan fingerprint density at radius 1 is 0.198 bits per heavy atom. The van der Waals surface area contributed by atoms with Crippen molar-refractivity contribution in [3.8, 4) is 55.9 Å². The Hall–Kier alpha value is -15.4. The third-order valence-electron chi connectivity index (χ3n) is 24.2. The molecule has 0 fully saturated rings. The first-order valence-corrected chi connectivity index (χ1v) is 42.2. The minimum absolute atomic E-state index is 1.09. The third kappa shape index (κ3) is 12.9. The first kappa shape index (κ1) is 72.1. The van der Waals surface area contributed by atoms with E-state index in [1.165, 1.54) is 186 Å². The first-order chi connectivity index (χ1) is 60.0. The molecule has 0 amide bonds. The van der Waals surface area contributed by atoms with Gasteiger partial charge in [0.2, 0.25) is 0 Å². The highest BCUT2D eigenvalue weighted by Crippen LogP contribution is 2.50. The Morgan fingerprint density at radius 2 is 0.512 bits per heavy atom. The van der Waals surface area contributed by atoms with Gasteiger partial charge in [0.05, 0.1) is 39.1 Å². The number of fused-ring (bicyclic) bond motifs is 14. The zero-order chi connectivity index (χ0) is 80.3. The van der Waals surface area contributed by atoms with Crippen molar-refractivity contribution in [1.29, 1.82) is 0 Å². The van der Waals surface area contributed by atoms with Crippen LogP contribution in [0.5, 0.6) is 0 Å². The van der Waals surface area contributed by atoms with Crippen LogP contribution in [0.2, 0.25) is 0 Å². The molecule has 121 heavy (non-hydrogen) atoms. The molecule has 2 heterocycles. The van der Waals surface area contributed by atoms with Gasteiger partial charge in [-0.15, -0.1) is 0 Å². The van der Waals surface area contributed by atoms with E-state index in [0.717, 1.165) is 32.9 Å². The predicted octanol–water partition coefficient (Wildman–Crippen LogP) is 33.1. The summed E-state index contributed by atoms with van der Waals surface area (Å²) in [7, 11) is 0. The minimum Gasteiger partial charge on any atom is -0.355 e. The average molecular weight is 1610 g/mol. The molecule has 22 aromatic carbocycles. The summed E-state index contributed by atoms with van der Waals surface area (Å²) in [5, 5.41) is 28.5. The Kier molecular flexibility index (Phi) is 18.4. The van der Waals surface area contributed by atoms with Gasteiger partial charge in [0.15, 0.2) is 0 Å². The van der Waals surface area contributed by atoms with Crippen molar-refractivity contribution in [3.63, 3.8) is 0 Å². The zero-order valence-electron chi connectivity index (χ0n) is 66.1. The highest BCUT2D eigenvalue weighted by atomic mass is 79.9. The third-order valence-corrected chi connectivity index (χ3v) is 24.7. The lowest BCUT2D eigenvalue weighted by atomic mass is 9.85. The second kappa shape index (κ2) is 30.9. The summed E-state index contributed by atoms with van der Waals surface area (Å²) < 4.78 is 5.94. The average Bonchev–Trinajstić information content (AvgIpc) is 1.68. The van der Waals surface area contributed by atoms with Gasteiger partial charge in [-0.05, 0) is 206 Å². The second-order valence-corrected chi connectivity index (χ2v) is 32.0. The summed E-state index contributed by atoms with van der Waals surface area (Å²) in [6.45, 7) is 0. The fourth-order valence-corrected chi connectivity index (χ4v) is 19.3. The summed E-state index contributed by atoms with van der Waals surface area (Å²) >= 11 is 3.68. The summed E-state index contributed by atoms with van der Waals surface area (Å²) in [6, 6.07) is 167. The number of nitrogens with one attached hydrogen (secondary N) is 1. The summed E-state index contributed by atoms with van der Waals surface area (Å²) in [6.07, 6.45) is 0. The monoisotopic (exact) mass is 1600 g/mol. The molecule has 0 atom stereocenters. The highest BCUT2D eigenvalue weighted by molar-refractivity contribution is 9.10. The van der Waals surface area contributed by atoms with Crippen LogP contribution in [0.3, 0.4) is 0 Å². The van der Waals surface area contributed by atoms with E-state index >= 15 is 0 Å². The van der Waals surface area contributed by atoms with E-state index in [4.69, 9.17) is 0 Å². The molecule has 4 nitrogen and oxygen atoms in total. The van der Waals surface area contributed by atoms with Crippen LogP contribution in [-0.2, 0) is 0 Å². The Morgan fingerprint density at radius 3 is 1.00 bits per heavy atom. The quantitative estimate of drug-likeness (QED) is 0.131. The van der Waals surface area contributed by atoms with Crippen molar-refractivity contribution in [2.45, 2.75) is 0 Å². The van der Waals surface area contributed by atoms with E-state index in [1.807, 2.05) is 0 Å². The van der Waals surface area contributed by atoms with E-state index in [-0.39, 0.29) is 0 Å². The molecule has 0 aliphatic heterocycles. The topological polar surface area (TPSA) is 25.1 Å². The van der Waals surface area contributed by atoms with Crippen molar-refractivity contribution >= 4 is 174 Å². The van der Waals surface area contributed by atoms with Gasteiger partial charge in [0.25, 0.3) is 0 Å². The van der Waals surface area contributed by atoms with E-state index in [0.29, 0.717) is 0 Å².